The zero-order valence-electron chi connectivity index (χ0n) is 21.3. The Balaban J connectivity index is 0. The van der Waals surface area contributed by atoms with Crippen molar-refractivity contribution < 1.29 is 13.0 Å². The minimum Gasteiger partial charge on any atom is -0.288 e. The van der Waals surface area contributed by atoms with Gasteiger partial charge in [-0.25, -0.2) is 8.42 Å². The second-order valence-electron chi connectivity index (χ2n) is 8.70. The molecule has 0 amide bonds. The Morgan fingerprint density at radius 1 is 0.216 bits per heavy atom. The van der Waals surface area contributed by atoms with Gasteiger partial charge in [0.25, 0.3) is 11.0 Å². The summed E-state index contributed by atoms with van der Waals surface area (Å²) in [6, 6.07) is 0. The molecule has 0 aliphatic heterocycles. The molecule has 0 heterocycles. The van der Waals surface area contributed by atoms with Crippen molar-refractivity contribution in [1.29, 1.82) is 0 Å². The quantitative estimate of drug-likeness (QED) is 0.116. The number of hydrogen-bond acceptors (Lipinski definition) is 2. The molecule has 0 aromatic rings. The monoisotopic (exact) mass is 2790 g/mol. The second-order valence-corrected chi connectivity index (χ2v) is 67.5. The summed E-state index contributed by atoms with van der Waals surface area (Å²) < 4.78 is 7.12. The molecule has 0 fully saturated rings. The van der Waals surface area contributed by atoms with Gasteiger partial charge in [-0.15, -0.1) is 0 Å². The fourth-order valence-corrected chi connectivity index (χ4v) is 33.5. The molecule has 51 heavy (non-hydrogen) atoms. The highest BCUT2D eigenvalue weighted by molar-refractivity contribution is 9.43. The molecule has 0 radical (unpaired) electrons. The maximum absolute atomic E-state index is 8.59. The third kappa shape index (κ3) is 13.1. The van der Waals surface area contributed by atoms with Crippen LogP contribution in [0.15, 0.2) is 0 Å². The van der Waals surface area contributed by atoms with Crippen LogP contribution < -0.4 is 0 Å². The van der Waals surface area contributed by atoms with Crippen molar-refractivity contribution in [3.8, 4) is 0 Å². The van der Waals surface area contributed by atoms with E-state index in [2.05, 4.69) is 510 Å². The second kappa shape index (κ2) is 23.0. The highest BCUT2D eigenvalue weighted by Gasteiger charge is 2.83. The van der Waals surface area contributed by atoms with Gasteiger partial charge >= 0.3 is 0 Å². The Morgan fingerprint density at radius 2 is 0.275 bits per heavy atom. The Bertz CT molecular complexity index is 1220. The van der Waals surface area contributed by atoms with Crippen LogP contribution in [0.4, 0.5) is 0 Å². The molecule has 0 unspecified atom stereocenters. The number of hydrogen-bond donors (Lipinski definition) is 2. The molecule has 0 aliphatic carbocycles. The van der Waals surface area contributed by atoms with Gasteiger partial charge in [0, 0.05) is 0 Å². The minimum absolute atomic E-state index is 0.884. The molecule has 36 heteroatoms. The lowest BCUT2D eigenvalue weighted by atomic mass is 10.0. The van der Waals surface area contributed by atoms with Crippen LogP contribution in [0.2, 0.25) is 0 Å². The zero-order chi connectivity index (χ0) is 43.1. The van der Waals surface area contributed by atoms with Crippen LogP contribution in [0.1, 0.15) is 0 Å². The van der Waals surface area contributed by atoms with Crippen LogP contribution in [-0.2, 0) is 11.0 Å². The fourth-order valence-electron chi connectivity index (χ4n) is 2.52. The molecule has 3 nitrogen and oxygen atoms in total. The van der Waals surface area contributed by atoms with E-state index in [4.69, 9.17) is 13.0 Å². The van der Waals surface area contributed by atoms with E-state index in [1.807, 2.05) is 0 Å². The molecule has 0 bridgehead atoms. The van der Waals surface area contributed by atoms with Crippen molar-refractivity contribution in [2.24, 2.45) is 0 Å². The van der Waals surface area contributed by atoms with Gasteiger partial charge in [-0.1, -0.05) is 510 Å². The Kier molecular flexibility index (Phi) is 30.8. The molecule has 0 aliphatic rings. The highest BCUT2D eigenvalue weighted by atomic mass is 80.0. The van der Waals surface area contributed by atoms with Crippen molar-refractivity contribution in [3.63, 3.8) is 0 Å². The van der Waals surface area contributed by atoms with Gasteiger partial charge in [0.05, 0.1) is 0 Å². The lowest BCUT2D eigenvalue weighted by molar-refractivity contribution is 0.509. The van der Waals surface area contributed by atoms with Gasteiger partial charge in [-0.3, -0.25) is 4.55 Å². The number of alkyl halides is 32. The molecular weight excluding hydrogens is 2820 g/mol. The minimum atomic E-state index is -3.12. The predicted octanol–water partition coefficient (Wildman–Crippen LogP) is 23.1. The summed E-state index contributed by atoms with van der Waals surface area (Å²) in [6.45, 7) is 0. The molecule has 0 aromatic heterocycles. The van der Waals surface area contributed by atoms with Gasteiger partial charge in [0.15, 0.2) is 4.29 Å². The maximum Gasteiger partial charge on any atom is 0.254 e. The molecule has 0 rings (SSSR count). The third-order valence-corrected chi connectivity index (χ3v) is 71.9. The lowest BCUT2D eigenvalue weighted by Crippen LogP contribution is -2.73. The first-order valence-electron chi connectivity index (χ1n) is 10.1. The Hall–Kier alpha value is 15.3. The van der Waals surface area contributed by atoms with Crippen molar-refractivity contribution in [2.45, 2.75) is 46.3 Å². The standard InChI is InChI=1S/C15Br32.H2O3S/c16-1(17,2(18,19)4(22,23)6(26,27)8(30,31)10(34,35)12(38,39)14(42,43)44)3(20,21)5(24,25)7(28,29)9(32,33)11(36,37)13(40,41)15(45,46)47;1-4(2)3/h;4H,(H,1,2,3). The summed E-state index contributed by atoms with van der Waals surface area (Å²) in [5, 5.41) is 0. The number of halogens is 32. The average Bonchev–Trinajstić information content (AvgIpc) is 2.85. The summed E-state index contributed by atoms with van der Waals surface area (Å²) in [7, 11) is -3.12. The van der Waals surface area contributed by atoms with Crippen molar-refractivity contribution in [2.75, 3.05) is 0 Å². The molecule has 0 aromatic carbocycles. The SMILES string of the molecule is BrC(Br)(Br)C(Br)(Br)C(Br)(Br)C(Br)(Br)C(Br)(Br)C(Br)(Br)C(Br)(Br)C(Br)(Br)C(Br)(Br)C(Br)(Br)C(Br)(Br)C(Br)(Br)C(Br)(Br)C(Br)(Br)C(Br)(Br)Br.O=[SH](=O)O. The van der Waals surface area contributed by atoms with E-state index < -0.39 is 57.3 Å². The van der Waals surface area contributed by atoms with Crippen molar-refractivity contribution >= 4 is 521 Å². The molecular formula is C15H2Br32O3S. The van der Waals surface area contributed by atoms with Crippen molar-refractivity contribution in [3.05, 3.63) is 0 Å². The summed E-state index contributed by atoms with van der Waals surface area (Å²) in [4.78, 5) is 0. The maximum atomic E-state index is 8.59. The molecule has 0 saturated heterocycles. The molecule has 0 atom stereocenters. The van der Waals surface area contributed by atoms with E-state index in [9.17, 15) is 0 Å². The number of rotatable bonds is 12. The molecule has 1 N–H and O–H groups in total. The molecule has 0 saturated carbocycles. The van der Waals surface area contributed by atoms with Crippen LogP contribution in [0.3, 0.4) is 0 Å². The number of thiol groups is 1. The van der Waals surface area contributed by atoms with E-state index >= 15 is 0 Å². The van der Waals surface area contributed by atoms with E-state index in [1.54, 1.807) is 0 Å². The van der Waals surface area contributed by atoms with Crippen LogP contribution in [-0.4, -0.2) is 59.3 Å². The van der Waals surface area contributed by atoms with Gasteiger partial charge in [-0.2, -0.15) is 0 Å². The van der Waals surface area contributed by atoms with E-state index in [0.717, 1.165) is 0 Å². The van der Waals surface area contributed by atoms with Gasteiger partial charge < -0.3 is 0 Å². The third-order valence-electron chi connectivity index (χ3n) is 5.44. The molecule has 310 valence electrons. The first-order chi connectivity index (χ1) is 21.2. The summed E-state index contributed by atoms with van der Waals surface area (Å²) in [5.41, 5.74) is 0. The van der Waals surface area contributed by atoms with E-state index in [-0.39, 0.29) is 0 Å². The van der Waals surface area contributed by atoms with Crippen LogP contribution in [0.5, 0.6) is 0 Å². The summed E-state index contributed by atoms with van der Waals surface area (Å²) >= 11 is 124. The van der Waals surface area contributed by atoms with Crippen LogP contribution in [0.25, 0.3) is 0 Å². The van der Waals surface area contributed by atoms with Crippen LogP contribution >= 0.6 is 510 Å². The van der Waals surface area contributed by atoms with Gasteiger partial charge in [0.2, 0.25) is 0 Å². The summed E-state index contributed by atoms with van der Waals surface area (Å²) in [5.74, 6) is 0. The fraction of sp³-hybridized carbons (Fsp3) is 1.00. The largest absolute Gasteiger partial charge is 0.288 e. The first kappa shape index (κ1) is 68.3. The predicted molar refractivity (Wildman–Crippen MR) is 340 cm³/mol. The van der Waals surface area contributed by atoms with Crippen LogP contribution in [0, 0.1) is 0 Å². The van der Waals surface area contributed by atoms with E-state index in [0.29, 0.717) is 0 Å². The molecule has 0 spiro atoms. The Morgan fingerprint density at radius 3 is 0.333 bits per heavy atom. The average molecular weight is 2820 g/mol. The summed E-state index contributed by atoms with van der Waals surface area (Å²) in [6.07, 6.45) is 0. The highest BCUT2D eigenvalue weighted by Crippen LogP contribution is 2.83. The van der Waals surface area contributed by atoms with Gasteiger partial charge in [-0.05, 0) is 0 Å². The lowest BCUT2D eigenvalue weighted by Gasteiger charge is -2.61. The normalized spacial score (nSPS) is 16.7. The zero-order valence-corrected chi connectivity index (χ0v) is 73.0. The topological polar surface area (TPSA) is 54.4 Å². The van der Waals surface area contributed by atoms with E-state index in [1.165, 1.54) is 0 Å². The van der Waals surface area contributed by atoms with Crippen molar-refractivity contribution in [1.82, 2.24) is 0 Å². The Labute approximate surface area is 565 Å². The smallest absolute Gasteiger partial charge is 0.254 e. The first-order valence-corrected chi connectivity index (χ1v) is 36.6. The van der Waals surface area contributed by atoms with Gasteiger partial charge in [0.1, 0.15) is 42.0 Å².